The lowest BCUT2D eigenvalue weighted by Crippen LogP contribution is -2.29. The predicted molar refractivity (Wildman–Crippen MR) is 115 cm³/mol. The number of benzene rings is 3. The highest BCUT2D eigenvalue weighted by Gasteiger charge is 2.19. The van der Waals surface area contributed by atoms with Gasteiger partial charge in [0.25, 0.3) is 0 Å². The lowest BCUT2D eigenvalue weighted by atomic mass is 10.1. The molecule has 0 radical (unpaired) electrons. The Morgan fingerprint density at radius 3 is 2.38 bits per heavy atom. The van der Waals surface area contributed by atoms with Gasteiger partial charge < -0.3 is 14.4 Å². The van der Waals surface area contributed by atoms with Crippen LogP contribution in [0.15, 0.2) is 72.8 Å². The maximum atomic E-state index is 12.6. The fraction of sp³-hybridized carbons (Fsp3) is 0.208. The van der Waals surface area contributed by atoms with Crippen LogP contribution in [0.3, 0.4) is 0 Å². The van der Waals surface area contributed by atoms with E-state index in [9.17, 15) is 4.79 Å². The van der Waals surface area contributed by atoms with Crippen LogP contribution in [-0.2, 0) is 11.3 Å². The van der Waals surface area contributed by atoms with Crippen molar-refractivity contribution in [2.45, 2.75) is 33.5 Å². The minimum absolute atomic E-state index is 0.0950. The molecule has 0 aliphatic carbocycles. The van der Waals surface area contributed by atoms with Crippen molar-refractivity contribution in [1.82, 2.24) is 0 Å². The van der Waals surface area contributed by atoms with Crippen LogP contribution in [0.2, 0.25) is 0 Å². The third kappa shape index (κ3) is 5.36. The fourth-order valence-corrected chi connectivity index (χ4v) is 3.03. The molecule has 0 fully saturated rings. The van der Waals surface area contributed by atoms with E-state index in [2.05, 4.69) is 0 Å². The zero-order chi connectivity index (χ0) is 20.8. The molecule has 1 unspecified atom stereocenters. The third-order valence-corrected chi connectivity index (χ3v) is 4.37. The molecule has 1 atom stereocenters. The van der Waals surface area contributed by atoms with Gasteiger partial charge in [0.2, 0.25) is 5.91 Å². The lowest BCUT2D eigenvalue weighted by molar-refractivity contribution is -0.116. The molecule has 5 heteroatoms. The van der Waals surface area contributed by atoms with E-state index in [-0.39, 0.29) is 5.91 Å². The number of hydrogen-bond acceptors (Lipinski definition) is 4. The van der Waals surface area contributed by atoms with Crippen LogP contribution in [-0.4, -0.2) is 12.1 Å². The minimum atomic E-state index is -0.446. The molecular formula is C24H26N2O3. The number of aryl methyl sites for hydroxylation is 1. The number of carbonyl (C=O) groups is 1. The van der Waals surface area contributed by atoms with E-state index in [0.29, 0.717) is 29.5 Å². The lowest BCUT2D eigenvalue weighted by Gasteiger charge is -2.25. The van der Waals surface area contributed by atoms with E-state index in [1.807, 2.05) is 79.7 Å². The molecular weight excluding hydrogens is 364 g/mol. The maximum Gasteiger partial charge on any atom is 0.224 e. The predicted octanol–water partition coefficient (Wildman–Crippen LogP) is 5.02. The van der Waals surface area contributed by atoms with Gasteiger partial charge >= 0.3 is 0 Å². The first-order valence-corrected chi connectivity index (χ1v) is 9.56. The van der Waals surface area contributed by atoms with Crippen LogP contribution in [0.25, 0.3) is 0 Å². The number of nitrogens with two attached hydrogens (primary N) is 1. The maximum absolute atomic E-state index is 12.6. The van der Waals surface area contributed by atoms with Crippen LogP contribution in [0.4, 0.5) is 5.69 Å². The molecule has 0 aromatic heterocycles. The van der Waals surface area contributed by atoms with Gasteiger partial charge in [0, 0.05) is 12.5 Å². The molecule has 3 aromatic rings. The second kappa shape index (κ2) is 9.26. The van der Waals surface area contributed by atoms with Gasteiger partial charge in [0.05, 0.1) is 12.2 Å². The Balaban J connectivity index is 1.97. The van der Waals surface area contributed by atoms with E-state index in [1.54, 1.807) is 18.7 Å². The Bertz CT molecular complexity index is 971. The summed E-state index contributed by atoms with van der Waals surface area (Å²) >= 11 is 0. The Hall–Kier alpha value is -3.31. The second-order valence-corrected chi connectivity index (χ2v) is 6.92. The second-order valence-electron chi connectivity index (χ2n) is 6.92. The smallest absolute Gasteiger partial charge is 0.224 e. The Kier molecular flexibility index (Phi) is 6.52. The third-order valence-electron chi connectivity index (χ3n) is 4.37. The summed E-state index contributed by atoms with van der Waals surface area (Å²) in [6.07, 6.45) is -0.446. The average molecular weight is 390 g/mol. The van der Waals surface area contributed by atoms with Crippen molar-refractivity contribution in [3.8, 4) is 17.2 Å². The van der Waals surface area contributed by atoms with Gasteiger partial charge in [0.1, 0.15) is 17.7 Å². The molecule has 3 rings (SSSR count). The number of hydrogen-bond donors (Lipinski definition) is 1. The summed E-state index contributed by atoms with van der Waals surface area (Å²) in [6.45, 7) is 5.64. The molecule has 150 valence electrons. The molecule has 0 saturated heterocycles. The fourth-order valence-electron chi connectivity index (χ4n) is 3.03. The molecule has 0 aliphatic rings. The number of anilines is 1. The van der Waals surface area contributed by atoms with Crippen LogP contribution < -0.4 is 20.1 Å². The molecule has 5 nitrogen and oxygen atoms in total. The standard InChI is InChI=1S/C24H26N2O3/c1-17-13-14-22(24(15-17)29-21-10-5-4-6-11-21)26(19(3)27)16-20-9-7-8-12-23(20)28-18(2)25/h4-15,18H,16,25H2,1-3H3. The summed E-state index contributed by atoms with van der Waals surface area (Å²) < 4.78 is 11.8. The highest BCUT2D eigenvalue weighted by molar-refractivity contribution is 5.93. The van der Waals surface area contributed by atoms with Gasteiger partial charge in [-0.05, 0) is 49.7 Å². The van der Waals surface area contributed by atoms with Crippen molar-refractivity contribution in [2.24, 2.45) is 5.73 Å². The van der Waals surface area contributed by atoms with Gasteiger partial charge in [-0.1, -0.05) is 42.5 Å². The zero-order valence-electron chi connectivity index (χ0n) is 17.0. The molecule has 2 N–H and O–H groups in total. The first kappa shape index (κ1) is 20.4. The Morgan fingerprint density at radius 1 is 1.00 bits per heavy atom. The van der Waals surface area contributed by atoms with Gasteiger partial charge in [-0.2, -0.15) is 0 Å². The van der Waals surface area contributed by atoms with E-state index < -0.39 is 6.23 Å². The van der Waals surface area contributed by atoms with E-state index in [0.717, 1.165) is 11.1 Å². The largest absolute Gasteiger partial charge is 0.476 e. The first-order valence-electron chi connectivity index (χ1n) is 9.56. The molecule has 0 heterocycles. The highest BCUT2D eigenvalue weighted by atomic mass is 16.5. The number of ether oxygens (including phenoxy) is 2. The van der Waals surface area contributed by atoms with Gasteiger partial charge in [-0.25, -0.2) is 0 Å². The highest BCUT2D eigenvalue weighted by Crippen LogP contribution is 2.35. The zero-order valence-corrected chi connectivity index (χ0v) is 17.0. The Morgan fingerprint density at radius 2 is 1.69 bits per heavy atom. The van der Waals surface area contributed by atoms with Crippen LogP contribution >= 0.6 is 0 Å². The molecule has 0 spiro atoms. The number of rotatable bonds is 7. The number of carbonyl (C=O) groups excluding carboxylic acids is 1. The van der Waals surface area contributed by atoms with Crippen LogP contribution in [0.1, 0.15) is 25.0 Å². The molecule has 0 saturated carbocycles. The van der Waals surface area contributed by atoms with Gasteiger partial charge in [-0.15, -0.1) is 0 Å². The SMILES string of the molecule is CC(=O)N(Cc1ccccc1OC(C)N)c1ccc(C)cc1Oc1ccccc1. The summed E-state index contributed by atoms with van der Waals surface area (Å²) in [7, 11) is 0. The molecule has 0 aliphatic heterocycles. The monoisotopic (exact) mass is 390 g/mol. The van der Waals surface area contributed by atoms with Crippen molar-refractivity contribution < 1.29 is 14.3 Å². The van der Waals surface area contributed by atoms with Crippen LogP contribution in [0, 0.1) is 6.92 Å². The summed E-state index contributed by atoms with van der Waals surface area (Å²) in [5.41, 5.74) is 8.41. The summed E-state index contributed by atoms with van der Waals surface area (Å²) in [4.78, 5) is 14.3. The van der Waals surface area contributed by atoms with E-state index in [4.69, 9.17) is 15.2 Å². The topological polar surface area (TPSA) is 64.8 Å². The van der Waals surface area contributed by atoms with Gasteiger partial charge in [-0.3, -0.25) is 10.5 Å². The average Bonchev–Trinajstić information content (AvgIpc) is 2.68. The van der Waals surface area contributed by atoms with Crippen molar-refractivity contribution in [2.75, 3.05) is 4.90 Å². The van der Waals surface area contributed by atoms with Crippen molar-refractivity contribution in [3.63, 3.8) is 0 Å². The summed E-state index contributed by atoms with van der Waals surface area (Å²) in [5.74, 6) is 1.90. The van der Waals surface area contributed by atoms with E-state index in [1.165, 1.54) is 0 Å². The molecule has 29 heavy (non-hydrogen) atoms. The molecule has 0 bridgehead atoms. The van der Waals surface area contributed by atoms with Crippen molar-refractivity contribution in [3.05, 3.63) is 83.9 Å². The van der Waals surface area contributed by atoms with Gasteiger partial charge in [0.15, 0.2) is 5.75 Å². The molecule has 3 aromatic carbocycles. The van der Waals surface area contributed by atoms with Crippen molar-refractivity contribution in [1.29, 1.82) is 0 Å². The number of nitrogens with zero attached hydrogens (tertiary/aromatic N) is 1. The first-order chi connectivity index (χ1) is 13.9. The molecule has 1 amide bonds. The normalized spacial score (nSPS) is 11.6. The van der Waals surface area contributed by atoms with Crippen molar-refractivity contribution >= 4 is 11.6 Å². The number of para-hydroxylation sites is 2. The minimum Gasteiger partial charge on any atom is -0.476 e. The Labute approximate surface area is 171 Å². The quantitative estimate of drug-likeness (QED) is 0.575. The number of amides is 1. The summed E-state index contributed by atoms with van der Waals surface area (Å²) in [5, 5.41) is 0. The van der Waals surface area contributed by atoms with Crippen LogP contribution in [0.5, 0.6) is 17.2 Å². The van der Waals surface area contributed by atoms with E-state index >= 15 is 0 Å². The summed E-state index contributed by atoms with van der Waals surface area (Å²) in [6, 6.07) is 22.9.